The largest absolute Gasteiger partial charge is 0.759 e. The maximum absolute atomic E-state index is 8.52. The van der Waals surface area contributed by atoms with Gasteiger partial charge in [-0.2, -0.15) is 0 Å². The standard InChI is InChI=1S/C12H6Cl4I.H2O4S/c13-9-3-1-7(5-11(9)15)17-8-2-4-10(14)12(16)6-8;1-5(2,3)4/h1-6H;(H2,1,2,3,4)/q+1;/p-2. The molecule has 0 aliphatic rings. The Kier molecular flexibility index (Phi) is 8.18. The third-order valence-electron chi connectivity index (χ3n) is 1.98. The molecule has 2 aromatic carbocycles. The highest BCUT2D eigenvalue weighted by Gasteiger charge is 2.17. The molecule has 0 unspecified atom stereocenters. The average molecular weight is 515 g/mol. The number of rotatable bonds is 2. The number of hydrogen-bond acceptors (Lipinski definition) is 4. The van der Waals surface area contributed by atoms with Gasteiger partial charge in [0, 0.05) is 22.5 Å². The van der Waals surface area contributed by atoms with Crippen molar-refractivity contribution in [3.63, 3.8) is 0 Å². The molecule has 120 valence electrons. The van der Waals surface area contributed by atoms with Crippen molar-refractivity contribution in [1.82, 2.24) is 0 Å². The number of halogens is 5. The molecule has 0 aliphatic heterocycles. The molecule has 0 amide bonds. The first kappa shape index (κ1) is 20.2. The highest BCUT2D eigenvalue weighted by atomic mass is 127. The lowest BCUT2D eigenvalue weighted by molar-refractivity contribution is -0.597. The van der Waals surface area contributed by atoms with E-state index in [0.717, 1.165) is 0 Å². The first-order chi connectivity index (χ1) is 10.1. The predicted molar refractivity (Wildman–Crippen MR) is 80.8 cm³/mol. The third kappa shape index (κ3) is 8.16. The van der Waals surface area contributed by atoms with Crippen LogP contribution in [-0.4, -0.2) is 17.5 Å². The molecule has 10 heteroatoms. The van der Waals surface area contributed by atoms with Crippen LogP contribution in [0, 0.1) is 7.14 Å². The van der Waals surface area contributed by atoms with Crippen LogP contribution in [0.3, 0.4) is 0 Å². The molecular formula is C12H6Cl4IO4S-. The van der Waals surface area contributed by atoms with Crippen molar-refractivity contribution in [3.8, 4) is 0 Å². The molecule has 0 saturated carbocycles. The zero-order chi connectivity index (χ0) is 16.9. The molecule has 2 aromatic rings. The Bertz CT molecular complexity index is 710. The molecule has 0 saturated heterocycles. The summed E-state index contributed by atoms with van der Waals surface area (Å²) in [6.45, 7) is 0. The van der Waals surface area contributed by atoms with Gasteiger partial charge in [0.2, 0.25) is 0 Å². The first-order valence-corrected chi connectivity index (χ1v) is 10.3. The summed E-state index contributed by atoms with van der Waals surface area (Å²) in [5.41, 5.74) is 0. The van der Waals surface area contributed by atoms with Gasteiger partial charge in [0.1, 0.15) is 0 Å². The smallest absolute Gasteiger partial charge is 0.358 e. The van der Waals surface area contributed by atoms with Gasteiger partial charge in [-0.15, -0.1) is 0 Å². The van der Waals surface area contributed by atoms with Crippen molar-refractivity contribution in [3.05, 3.63) is 63.6 Å². The highest BCUT2D eigenvalue weighted by Crippen LogP contribution is 2.21. The van der Waals surface area contributed by atoms with E-state index in [2.05, 4.69) is 0 Å². The summed E-state index contributed by atoms with van der Waals surface area (Å²) in [5, 5.41) is 2.33. The SMILES string of the molecule is Clc1ccc([I+]c2ccc(Cl)c(Cl)c2)cc1Cl.O=S(=O)([O-])[O-]. The zero-order valence-electron chi connectivity index (χ0n) is 10.4. The Morgan fingerprint density at radius 2 is 1.05 bits per heavy atom. The zero-order valence-corrected chi connectivity index (χ0v) is 16.4. The third-order valence-corrected chi connectivity index (χ3v) is 6.05. The van der Waals surface area contributed by atoms with E-state index in [9.17, 15) is 0 Å². The van der Waals surface area contributed by atoms with Crippen LogP contribution in [0.1, 0.15) is 0 Å². The van der Waals surface area contributed by atoms with Gasteiger partial charge in [-0.05, 0) is 24.3 Å². The van der Waals surface area contributed by atoms with Crippen molar-refractivity contribution in [1.29, 1.82) is 0 Å². The van der Waals surface area contributed by atoms with Crippen LogP contribution in [0.4, 0.5) is 0 Å². The quantitative estimate of drug-likeness (QED) is 0.260. The first-order valence-electron chi connectivity index (χ1n) is 5.28. The van der Waals surface area contributed by atoms with Crippen LogP contribution in [0.25, 0.3) is 0 Å². The van der Waals surface area contributed by atoms with Gasteiger partial charge in [0.15, 0.2) is 7.14 Å². The fourth-order valence-electron chi connectivity index (χ4n) is 1.18. The van der Waals surface area contributed by atoms with Crippen LogP contribution in [0.15, 0.2) is 36.4 Å². The van der Waals surface area contributed by atoms with Gasteiger partial charge in [-0.1, -0.05) is 46.4 Å². The summed E-state index contributed by atoms with van der Waals surface area (Å²) >= 11 is 23.4. The summed E-state index contributed by atoms with van der Waals surface area (Å²) in [6, 6.07) is 11.4. The molecule has 0 atom stereocenters. The molecule has 22 heavy (non-hydrogen) atoms. The molecule has 0 N–H and O–H groups in total. The van der Waals surface area contributed by atoms with Gasteiger partial charge in [-0.3, -0.25) is 8.42 Å². The van der Waals surface area contributed by atoms with Crippen LogP contribution >= 0.6 is 46.4 Å². The summed E-state index contributed by atoms with van der Waals surface area (Å²) in [4.78, 5) is 0. The van der Waals surface area contributed by atoms with Crippen LogP contribution in [0.5, 0.6) is 0 Å². The van der Waals surface area contributed by atoms with E-state index in [0.29, 0.717) is 20.1 Å². The highest BCUT2D eigenvalue weighted by molar-refractivity contribution is 7.79. The molecule has 0 spiro atoms. The second kappa shape index (κ2) is 8.89. The molecule has 0 radical (unpaired) electrons. The van der Waals surface area contributed by atoms with Crippen LogP contribution in [0.2, 0.25) is 20.1 Å². The Labute approximate surface area is 158 Å². The minimum atomic E-state index is -5.17. The van der Waals surface area contributed by atoms with E-state index in [1.54, 1.807) is 0 Å². The lowest BCUT2D eigenvalue weighted by Gasteiger charge is -2.06. The number of benzene rings is 2. The molecule has 0 heterocycles. The van der Waals surface area contributed by atoms with Gasteiger partial charge in [0.05, 0.1) is 20.1 Å². The summed E-state index contributed by atoms with van der Waals surface area (Å²) in [7, 11) is -5.17. The maximum atomic E-state index is 8.52. The topological polar surface area (TPSA) is 80.3 Å². The van der Waals surface area contributed by atoms with Gasteiger partial charge in [0.25, 0.3) is 0 Å². The van der Waals surface area contributed by atoms with Gasteiger partial charge in [-0.25, -0.2) is 0 Å². The Morgan fingerprint density at radius 1 is 0.727 bits per heavy atom. The summed E-state index contributed by atoms with van der Waals surface area (Å²) in [5.74, 6) is 0. The summed E-state index contributed by atoms with van der Waals surface area (Å²) in [6.07, 6.45) is 0. The fourth-order valence-corrected chi connectivity index (χ4v) is 4.52. The predicted octanol–water partition coefficient (Wildman–Crippen LogP) is 1.09. The minimum Gasteiger partial charge on any atom is -0.759 e. The minimum absolute atomic E-state index is 0.317. The molecule has 0 aliphatic carbocycles. The second-order valence-corrected chi connectivity index (χ2v) is 9.10. The van der Waals surface area contributed by atoms with Gasteiger partial charge < -0.3 is 9.11 Å². The lowest BCUT2D eigenvalue weighted by atomic mass is 10.4. The van der Waals surface area contributed by atoms with Crippen molar-refractivity contribution < 1.29 is 38.7 Å². The molecule has 0 aromatic heterocycles. The Balaban J connectivity index is 0.000000422. The van der Waals surface area contributed by atoms with Gasteiger partial charge >= 0.3 is 21.2 Å². The van der Waals surface area contributed by atoms with Crippen molar-refractivity contribution in [2.45, 2.75) is 0 Å². The second-order valence-electron chi connectivity index (χ2n) is 3.62. The number of hydrogen-bond donors (Lipinski definition) is 0. The van der Waals surface area contributed by atoms with E-state index < -0.39 is 10.4 Å². The molecule has 0 fully saturated rings. The Morgan fingerprint density at radius 3 is 1.32 bits per heavy atom. The maximum Gasteiger partial charge on any atom is 0.358 e. The van der Waals surface area contributed by atoms with Crippen LogP contribution < -0.4 is 21.2 Å². The van der Waals surface area contributed by atoms with E-state index in [1.165, 1.54) is 7.14 Å². The molecule has 4 nitrogen and oxygen atoms in total. The monoisotopic (exact) mass is 513 g/mol. The average Bonchev–Trinajstić information content (AvgIpc) is 2.36. The van der Waals surface area contributed by atoms with Crippen molar-refractivity contribution in [2.75, 3.05) is 0 Å². The molecule has 0 bridgehead atoms. The normalized spacial score (nSPS) is 10.8. The van der Waals surface area contributed by atoms with Crippen molar-refractivity contribution in [2.24, 2.45) is 0 Å². The molecule has 2 rings (SSSR count). The van der Waals surface area contributed by atoms with E-state index in [-0.39, 0.29) is 21.2 Å². The van der Waals surface area contributed by atoms with Crippen molar-refractivity contribution >= 4 is 56.8 Å². The van der Waals surface area contributed by atoms with E-state index >= 15 is 0 Å². The Hall–Kier alpha value is 0.200. The van der Waals surface area contributed by atoms with E-state index in [4.69, 9.17) is 63.9 Å². The molecular weight excluding hydrogens is 509 g/mol. The fraction of sp³-hybridized carbons (Fsp3) is 0. The van der Waals surface area contributed by atoms with Crippen LogP contribution in [-0.2, 0) is 10.4 Å². The lowest BCUT2D eigenvalue weighted by Crippen LogP contribution is -3.61. The van der Waals surface area contributed by atoms with E-state index in [1.807, 2.05) is 36.4 Å². The summed E-state index contributed by atoms with van der Waals surface area (Å²) < 4.78 is 36.5.